The molecule has 2 saturated heterocycles. The van der Waals surface area contributed by atoms with E-state index in [-0.39, 0.29) is 11.9 Å². The second-order valence-electron chi connectivity index (χ2n) is 5.27. The van der Waals surface area contributed by atoms with Gasteiger partial charge in [-0.3, -0.25) is 9.69 Å². The van der Waals surface area contributed by atoms with Gasteiger partial charge in [0.05, 0.1) is 6.04 Å². The molecule has 0 spiro atoms. The summed E-state index contributed by atoms with van der Waals surface area (Å²) in [6.07, 6.45) is 3.84. The summed E-state index contributed by atoms with van der Waals surface area (Å²) in [5.74, 6) is 0.109. The normalized spacial score (nSPS) is 33.3. The molecule has 0 bridgehead atoms. The van der Waals surface area contributed by atoms with Gasteiger partial charge < -0.3 is 10.6 Å². The minimum Gasteiger partial charge on any atom is -0.336 e. The Morgan fingerprint density at radius 3 is 2.81 bits per heavy atom. The van der Waals surface area contributed by atoms with Gasteiger partial charge in [-0.2, -0.15) is 0 Å². The predicted octanol–water partition coefficient (Wildman–Crippen LogP) is 0.419. The van der Waals surface area contributed by atoms with Gasteiger partial charge in [-0.05, 0) is 33.2 Å². The van der Waals surface area contributed by atoms with Crippen molar-refractivity contribution in [1.29, 1.82) is 0 Å². The average molecular weight is 225 g/mol. The van der Waals surface area contributed by atoms with Crippen molar-refractivity contribution in [1.82, 2.24) is 9.80 Å². The molecule has 16 heavy (non-hydrogen) atoms. The monoisotopic (exact) mass is 225 g/mol. The first-order valence-electron chi connectivity index (χ1n) is 6.39. The molecule has 2 N–H and O–H groups in total. The standard InChI is InChI=1S/C12H23N3O/c1-9-7-14-6-4-3-5-11(14)8-15(9)12(16)10(2)13/h9-11H,3-8,13H2,1-2H3. The van der Waals surface area contributed by atoms with Crippen LogP contribution in [0.25, 0.3) is 0 Å². The van der Waals surface area contributed by atoms with Gasteiger partial charge in [0.25, 0.3) is 0 Å². The van der Waals surface area contributed by atoms with Crippen LogP contribution >= 0.6 is 0 Å². The Labute approximate surface area is 97.8 Å². The van der Waals surface area contributed by atoms with Crippen LogP contribution in [0.15, 0.2) is 0 Å². The Kier molecular flexibility index (Phi) is 3.50. The molecular weight excluding hydrogens is 202 g/mol. The number of carbonyl (C=O) groups excluding carboxylic acids is 1. The highest BCUT2D eigenvalue weighted by Gasteiger charge is 2.35. The molecule has 0 aromatic heterocycles. The summed E-state index contributed by atoms with van der Waals surface area (Å²) in [6.45, 7) is 7.01. The highest BCUT2D eigenvalue weighted by molar-refractivity contribution is 5.81. The van der Waals surface area contributed by atoms with Crippen LogP contribution in [-0.2, 0) is 4.79 Å². The molecular formula is C12H23N3O. The summed E-state index contributed by atoms with van der Waals surface area (Å²) in [7, 11) is 0. The van der Waals surface area contributed by atoms with Crippen molar-refractivity contribution in [2.45, 2.75) is 51.2 Å². The third-order valence-electron chi connectivity index (χ3n) is 3.86. The largest absolute Gasteiger partial charge is 0.336 e. The second-order valence-corrected chi connectivity index (χ2v) is 5.27. The number of nitrogens with two attached hydrogens (primary N) is 1. The highest BCUT2D eigenvalue weighted by Crippen LogP contribution is 2.24. The number of piperazine rings is 1. The maximum absolute atomic E-state index is 12.0. The quantitative estimate of drug-likeness (QED) is 0.703. The highest BCUT2D eigenvalue weighted by atomic mass is 16.2. The van der Waals surface area contributed by atoms with E-state index < -0.39 is 0 Å². The molecule has 3 atom stereocenters. The van der Waals surface area contributed by atoms with Crippen LogP contribution in [-0.4, -0.2) is 53.5 Å². The van der Waals surface area contributed by atoms with Crippen LogP contribution in [0.2, 0.25) is 0 Å². The van der Waals surface area contributed by atoms with E-state index in [1.165, 1.54) is 25.8 Å². The van der Waals surface area contributed by atoms with Crippen LogP contribution in [0.3, 0.4) is 0 Å². The van der Waals surface area contributed by atoms with Gasteiger partial charge in [-0.1, -0.05) is 6.42 Å². The first-order valence-corrected chi connectivity index (χ1v) is 6.39. The Hall–Kier alpha value is -0.610. The van der Waals surface area contributed by atoms with Crippen molar-refractivity contribution in [2.24, 2.45) is 5.73 Å². The van der Waals surface area contributed by atoms with E-state index in [1.807, 2.05) is 4.90 Å². The van der Waals surface area contributed by atoms with Crippen molar-refractivity contribution in [3.63, 3.8) is 0 Å². The predicted molar refractivity (Wildman–Crippen MR) is 64.0 cm³/mol. The zero-order valence-electron chi connectivity index (χ0n) is 10.4. The van der Waals surface area contributed by atoms with E-state index in [0.29, 0.717) is 12.1 Å². The van der Waals surface area contributed by atoms with Crippen molar-refractivity contribution < 1.29 is 4.79 Å². The lowest BCUT2D eigenvalue weighted by molar-refractivity contribution is -0.139. The molecule has 0 aromatic carbocycles. The van der Waals surface area contributed by atoms with E-state index in [0.717, 1.165) is 13.1 Å². The number of piperidine rings is 1. The fourth-order valence-corrected chi connectivity index (χ4v) is 2.92. The van der Waals surface area contributed by atoms with Crippen molar-refractivity contribution >= 4 is 5.91 Å². The summed E-state index contributed by atoms with van der Waals surface area (Å²) in [6, 6.07) is 0.526. The molecule has 92 valence electrons. The van der Waals surface area contributed by atoms with E-state index in [4.69, 9.17) is 5.73 Å². The van der Waals surface area contributed by atoms with Crippen LogP contribution in [0.5, 0.6) is 0 Å². The summed E-state index contributed by atoms with van der Waals surface area (Å²) in [5, 5.41) is 0. The van der Waals surface area contributed by atoms with Crippen LogP contribution in [0, 0.1) is 0 Å². The van der Waals surface area contributed by atoms with Crippen molar-refractivity contribution in [2.75, 3.05) is 19.6 Å². The van der Waals surface area contributed by atoms with Gasteiger partial charge in [-0.25, -0.2) is 0 Å². The maximum Gasteiger partial charge on any atom is 0.239 e. The molecule has 0 aliphatic carbocycles. The Morgan fingerprint density at radius 2 is 2.12 bits per heavy atom. The number of hydrogen-bond acceptors (Lipinski definition) is 3. The molecule has 0 aromatic rings. The van der Waals surface area contributed by atoms with E-state index in [1.54, 1.807) is 6.92 Å². The zero-order chi connectivity index (χ0) is 11.7. The summed E-state index contributed by atoms with van der Waals surface area (Å²) < 4.78 is 0. The van der Waals surface area contributed by atoms with Gasteiger partial charge in [0, 0.05) is 25.2 Å². The van der Waals surface area contributed by atoms with Crippen LogP contribution in [0.4, 0.5) is 0 Å². The average Bonchev–Trinajstić information content (AvgIpc) is 2.27. The second kappa shape index (κ2) is 4.72. The minimum absolute atomic E-state index is 0.109. The Bertz CT molecular complexity index is 267. The smallest absolute Gasteiger partial charge is 0.239 e. The molecule has 4 nitrogen and oxygen atoms in total. The minimum atomic E-state index is -0.363. The Balaban J connectivity index is 2.03. The first kappa shape index (κ1) is 11.9. The fraction of sp³-hybridized carbons (Fsp3) is 0.917. The van der Waals surface area contributed by atoms with E-state index in [9.17, 15) is 4.79 Å². The lowest BCUT2D eigenvalue weighted by Crippen LogP contribution is -2.62. The molecule has 4 heteroatoms. The Morgan fingerprint density at radius 1 is 1.38 bits per heavy atom. The number of amides is 1. The van der Waals surface area contributed by atoms with Crippen LogP contribution in [0.1, 0.15) is 33.1 Å². The van der Waals surface area contributed by atoms with Crippen molar-refractivity contribution in [3.8, 4) is 0 Å². The van der Waals surface area contributed by atoms with E-state index >= 15 is 0 Å². The number of rotatable bonds is 1. The molecule has 1 amide bonds. The van der Waals surface area contributed by atoms with Crippen molar-refractivity contribution in [3.05, 3.63) is 0 Å². The SMILES string of the molecule is CC(N)C(=O)N1CC2CCCCN2CC1C. The summed E-state index contributed by atoms with van der Waals surface area (Å²) in [5.41, 5.74) is 5.69. The summed E-state index contributed by atoms with van der Waals surface area (Å²) >= 11 is 0. The lowest BCUT2D eigenvalue weighted by Gasteiger charge is -2.47. The lowest BCUT2D eigenvalue weighted by atomic mass is 9.97. The van der Waals surface area contributed by atoms with Gasteiger partial charge in [0.2, 0.25) is 5.91 Å². The van der Waals surface area contributed by atoms with Gasteiger partial charge in [0.1, 0.15) is 0 Å². The number of carbonyl (C=O) groups is 1. The molecule has 2 rings (SSSR count). The number of hydrogen-bond donors (Lipinski definition) is 1. The topological polar surface area (TPSA) is 49.6 Å². The number of fused-ring (bicyclic) bond motifs is 1. The maximum atomic E-state index is 12.0. The van der Waals surface area contributed by atoms with E-state index in [2.05, 4.69) is 11.8 Å². The fourth-order valence-electron chi connectivity index (χ4n) is 2.92. The molecule has 2 fully saturated rings. The third-order valence-corrected chi connectivity index (χ3v) is 3.86. The molecule has 2 heterocycles. The first-order chi connectivity index (χ1) is 7.59. The van der Waals surface area contributed by atoms with Gasteiger partial charge in [-0.15, -0.1) is 0 Å². The van der Waals surface area contributed by atoms with Crippen LogP contribution < -0.4 is 5.73 Å². The third kappa shape index (κ3) is 2.23. The number of nitrogens with zero attached hydrogens (tertiary/aromatic N) is 2. The zero-order valence-corrected chi connectivity index (χ0v) is 10.4. The summed E-state index contributed by atoms with van der Waals surface area (Å²) in [4.78, 5) is 16.5. The van der Waals surface area contributed by atoms with Gasteiger partial charge in [0.15, 0.2) is 0 Å². The molecule has 0 radical (unpaired) electrons. The molecule has 3 unspecified atom stereocenters. The van der Waals surface area contributed by atoms with Gasteiger partial charge >= 0.3 is 0 Å². The molecule has 0 saturated carbocycles. The molecule has 2 aliphatic rings. The molecule has 2 aliphatic heterocycles.